The minimum atomic E-state index is -1.07. The second-order valence-corrected chi connectivity index (χ2v) is 7.52. The van der Waals surface area contributed by atoms with Crippen molar-refractivity contribution >= 4 is 27.5 Å². The largest absolute Gasteiger partial charge is 0.481 e. The van der Waals surface area contributed by atoms with E-state index in [1.807, 2.05) is 12.3 Å². The Kier molecular flexibility index (Phi) is 4.51. The van der Waals surface area contributed by atoms with Crippen molar-refractivity contribution in [3.63, 3.8) is 0 Å². The summed E-state index contributed by atoms with van der Waals surface area (Å²) < 4.78 is 6.95. The lowest BCUT2D eigenvalue weighted by Crippen LogP contribution is -2.36. The number of thiophene rings is 1. The lowest BCUT2D eigenvalue weighted by molar-refractivity contribution is -0.147. The van der Waals surface area contributed by atoms with E-state index in [2.05, 4.69) is 4.98 Å². The van der Waals surface area contributed by atoms with Crippen molar-refractivity contribution in [2.24, 2.45) is 5.41 Å². The lowest BCUT2D eigenvalue weighted by atomic mass is 9.93. The number of carboxylic acid groups (broad SMARTS) is 1. The van der Waals surface area contributed by atoms with Gasteiger partial charge >= 0.3 is 5.97 Å². The molecule has 7 heteroatoms. The molecule has 3 rings (SSSR count). The highest BCUT2D eigenvalue weighted by Gasteiger charge is 2.30. The fourth-order valence-electron chi connectivity index (χ4n) is 2.72. The molecule has 0 aliphatic heterocycles. The molecule has 3 aromatic rings. The molecule has 0 bridgehead atoms. The molecule has 1 N–H and O–H groups in total. The van der Waals surface area contributed by atoms with Gasteiger partial charge in [-0.2, -0.15) is 0 Å². The summed E-state index contributed by atoms with van der Waals surface area (Å²) in [5, 5.41) is 11.8. The topological polar surface area (TPSA) is 85.3 Å². The molecule has 3 aromatic heterocycles. The van der Waals surface area contributed by atoms with E-state index in [0.29, 0.717) is 33.8 Å². The van der Waals surface area contributed by atoms with Crippen LogP contribution in [0.1, 0.15) is 33.0 Å². The molecule has 6 nitrogen and oxygen atoms in total. The quantitative estimate of drug-likeness (QED) is 0.723. The minimum Gasteiger partial charge on any atom is -0.481 e. The SMILES string of the molecule is CCCc1nc2scc(-c3ccco3)c2c(=O)n1CC(C)(C)C(=O)O. The van der Waals surface area contributed by atoms with Crippen LogP contribution in [-0.2, 0) is 17.8 Å². The standard InChI is InChI=1S/C18H20N2O4S/c1-4-6-13-19-15-14(11(9-25-15)12-7-5-8-24-12)16(21)20(13)10-18(2,3)17(22)23/h5,7-9H,4,6,10H2,1-3H3,(H,22,23). The first-order valence-electron chi connectivity index (χ1n) is 8.13. The number of carboxylic acids is 1. The van der Waals surface area contributed by atoms with Gasteiger partial charge in [-0.1, -0.05) is 6.92 Å². The molecule has 0 aliphatic carbocycles. The Labute approximate surface area is 148 Å². The van der Waals surface area contributed by atoms with Crippen LogP contribution in [0, 0.1) is 5.41 Å². The van der Waals surface area contributed by atoms with E-state index in [-0.39, 0.29) is 12.1 Å². The number of furan rings is 1. The number of carbonyl (C=O) groups is 1. The molecule has 0 aliphatic rings. The van der Waals surface area contributed by atoms with E-state index in [1.54, 1.807) is 32.2 Å². The third kappa shape index (κ3) is 3.11. The number of aliphatic carboxylic acids is 1. The van der Waals surface area contributed by atoms with Crippen molar-refractivity contribution in [1.82, 2.24) is 9.55 Å². The number of fused-ring (bicyclic) bond motifs is 1. The second kappa shape index (κ2) is 6.48. The summed E-state index contributed by atoms with van der Waals surface area (Å²) in [6, 6.07) is 3.57. The van der Waals surface area contributed by atoms with Crippen LogP contribution < -0.4 is 5.56 Å². The molecule has 25 heavy (non-hydrogen) atoms. The zero-order valence-corrected chi connectivity index (χ0v) is 15.2. The molecule has 0 saturated carbocycles. The zero-order chi connectivity index (χ0) is 18.2. The van der Waals surface area contributed by atoms with E-state index in [9.17, 15) is 14.7 Å². The molecule has 0 amide bonds. The zero-order valence-electron chi connectivity index (χ0n) is 14.4. The van der Waals surface area contributed by atoms with Crippen LogP contribution in [0.15, 0.2) is 33.0 Å². The summed E-state index contributed by atoms with van der Waals surface area (Å²) in [4.78, 5) is 30.0. The number of hydrogen-bond acceptors (Lipinski definition) is 5. The van der Waals surface area contributed by atoms with Crippen molar-refractivity contribution < 1.29 is 14.3 Å². The third-order valence-electron chi connectivity index (χ3n) is 4.17. The minimum absolute atomic E-state index is 0.0763. The third-order valence-corrected chi connectivity index (χ3v) is 5.04. The number of aromatic nitrogens is 2. The van der Waals surface area contributed by atoms with Crippen LogP contribution in [0.3, 0.4) is 0 Å². The summed E-state index contributed by atoms with van der Waals surface area (Å²) >= 11 is 1.40. The predicted molar refractivity (Wildman–Crippen MR) is 97.0 cm³/mol. The molecule has 0 atom stereocenters. The molecule has 0 fully saturated rings. The predicted octanol–water partition coefficient (Wildman–Crippen LogP) is 3.78. The highest BCUT2D eigenvalue weighted by molar-refractivity contribution is 7.17. The lowest BCUT2D eigenvalue weighted by Gasteiger charge is -2.22. The summed E-state index contributed by atoms with van der Waals surface area (Å²) in [6.07, 6.45) is 3.00. The monoisotopic (exact) mass is 360 g/mol. The van der Waals surface area contributed by atoms with Gasteiger partial charge in [0.15, 0.2) is 0 Å². The maximum absolute atomic E-state index is 13.2. The summed E-state index contributed by atoms with van der Waals surface area (Å²) in [7, 11) is 0. The van der Waals surface area contributed by atoms with Crippen LogP contribution in [0.5, 0.6) is 0 Å². The fourth-order valence-corrected chi connectivity index (χ4v) is 3.66. The van der Waals surface area contributed by atoms with Crippen molar-refractivity contribution in [2.45, 2.75) is 40.2 Å². The van der Waals surface area contributed by atoms with Gasteiger partial charge in [0.05, 0.1) is 17.1 Å². The van der Waals surface area contributed by atoms with Crippen LogP contribution >= 0.6 is 11.3 Å². The van der Waals surface area contributed by atoms with E-state index in [4.69, 9.17) is 4.42 Å². The van der Waals surface area contributed by atoms with Crippen LogP contribution in [0.25, 0.3) is 21.5 Å². The molecule has 0 aromatic carbocycles. The smallest absolute Gasteiger partial charge is 0.310 e. The average molecular weight is 360 g/mol. The Morgan fingerprint density at radius 3 is 2.80 bits per heavy atom. The molecular formula is C18H20N2O4S. The highest BCUT2D eigenvalue weighted by Crippen LogP contribution is 2.32. The van der Waals surface area contributed by atoms with Gasteiger partial charge in [0.2, 0.25) is 0 Å². The van der Waals surface area contributed by atoms with Gasteiger partial charge in [0.1, 0.15) is 16.4 Å². The van der Waals surface area contributed by atoms with Gasteiger partial charge in [-0.15, -0.1) is 11.3 Å². The summed E-state index contributed by atoms with van der Waals surface area (Å²) in [6.45, 7) is 5.31. The van der Waals surface area contributed by atoms with Gasteiger partial charge < -0.3 is 9.52 Å². The van der Waals surface area contributed by atoms with Crippen LogP contribution in [0.4, 0.5) is 0 Å². The maximum atomic E-state index is 13.2. The first kappa shape index (κ1) is 17.4. The van der Waals surface area contributed by atoms with Crippen LogP contribution in [0.2, 0.25) is 0 Å². The number of aryl methyl sites for hydroxylation is 1. The van der Waals surface area contributed by atoms with Gasteiger partial charge in [-0.05, 0) is 32.4 Å². The molecule has 132 valence electrons. The molecule has 0 unspecified atom stereocenters. The Balaban J connectivity index is 2.24. The number of nitrogens with zero attached hydrogens (tertiary/aromatic N) is 2. The van der Waals surface area contributed by atoms with Gasteiger partial charge in [-0.3, -0.25) is 14.2 Å². The normalized spacial score (nSPS) is 12.0. The van der Waals surface area contributed by atoms with E-state index in [1.165, 1.54) is 15.9 Å². The molecular weight excluding hydrogens is 340 g/mol. The molecule has 0 radical (unpaired) electrons. The summed E-state index contributed by atoms with van der Waals surface area (Å²) in [5.74, 6) is 0.290. The Hall–Kier alpha value is -2.41. The van der Waals surface area contributed by atoms with Crippen molar-refractivity contribution in [1.29, 1.82) is 0 Å². The second-order valence-electron chi connectivity index (χ2n) is 6.67. The number of rotatable bonds is 6. The first-order chi connectivity index (χ1) is 11.8. The van der Waals surface area contributed by atoms with Gasteiger partial charge in [0, 0.05) is 23.9 Å². The van der Waals surface area contributed by atoms with Crippen molar-refractivity contribution in [2.75, 3.05) is 0 Å². The molecule has 3 heterocycles. The number of hydrogen-bond donors (Lipinski definition) is 1. The fraction of sp³-hybridized carbons (Fsp3) is 0.389. The molecule has 0 saturated heterocycles. The maximum Gasteiger partial charge on any atom is 0.310 e. The van der Waals surface area contributed by atoms with Crippen LogP contribution in [-0.4, -0.2) is 20.6 Å². The first-order valence-corrected chi connectivity index (χ1v) is 9.01. The van der Waals surface area contributed by atoms with E-state index < -0.39 is 11.4 Å². The van der Waals surface area contributed by atoms with Crippen molar-refractivity contribution in [3.8, 4) is 11.3 Å². The molecule has 0 spiro atoms. The van der Waals surface area contributed by atoms with Gasteiger partial charge in [-0.25, -0.2) is 4.98 Å². The Bertz CT molecular complexity index is 967. The average Bonchev–Trinajstić information content (AvgIpc) is 3.20. The van der Waals surface area contributed by atoms with E-state index >= 15 is 0 Å². The van der Waals surface area contributed by atoms with E-state index in [0.717, 1.165) is 6.42 Å². The van der Waals surface area contributed by atoms with Crippen molar-refractivity contribution in [3.05, 3.63) is 40.0 Å². The Morgan fingerprint density at radius 1 is 1.44 bits per heavy atom. The van der Waals surface area contributed by atoms with Gasteiger partial charge in [0.25, 0.3) is 5.56 Å². The Morgan fingerprint density at radius 2 is 2.20 bits per heavy atom. The summed E-state index contributed by atoms with van der Waals surface area (Å²) in [5.41, 5.74) is -0.578. The highest BCUT2D eigenvalue weighted by atomic mass is 32.1.